The van der Waals surface area contributed by atoms with Gasteiger partial charge in [0.25, 0.3) is 0 Å². The normalized spacial score (nSPS) is 11.1. The molecule has 3 aromatic rings. The predicted octanol–water partition coefficient (Wildman–Crippen LogP) is 5.37. The number of thioether (sulfide) groups is 1. The number of aromatic nitrogens is 2. The Morgan fingerprint density at radius 2 is 2.04 bits per heavy atom. The number of hydrogen-bond acceptors (Lipinski definition) is 6. The first-order valence-electron chi connectivity index (χ1n) is 7.95. The molecule has 0 amide bonds. The first-order valence-corrected chi connectivity index (χ1v) is 10.4. The molecular weight excluding hydrogens is 387 g/mol. The van der Waals surface area contributed by atoms with E-state index in [1.54, 1.807) is 28.6 Å². The summed E-state index contributed by atoms with van der Waals surface area (Å²) in [6.07, 6.45) is 2.07. The number of rotatable bonds is 7. The highest BCUT2D eigenvalue weighted by atomic mass is 32.2. The maximum Gasteiger partial charge on any atom is 0.209 e. The van der Waals surface area contributed by atoms with Gasteiger partial charge in [-0.15, -0.1) is 16.9 Å². The van der Waals surface area contributed by atoms with Crippen molar-refractivity contribution in [3.05, 3.63) is 63.9 Å². The van der Waals surface area contributed by atoms with E-state index < -0.39 is 0 Å². The van der Waals surface area contributed by atoms with Crippen LogP contribution < -0.4 is 5.32 Å². The highest BCUT2D eigenvalue weighted by Crippen LogP contribution is 2.21. The number of benzene rings is 2. The van der Waals surface area contributed by atoms with E-state index >= 15 is 0 Å². The van der Waals surface area contributed by atoms with Gasteiger partial charge >= 0.3 is 0 Å². The molecule has 0 saturated heterocycles. The maximum atomic E-state index is 13.3. The zero-order valence-electron chi connectivity index (χ0n) is 14.5. The minimum absolute atomic E-state index is 0.287. The van der Waals surface area contributed by atoms with Crippen molar-refractivity contribution in [3.8, 4) is 0 Å². The minimum Gasteiger partial charge on any atom is -0.330 e. The lowest BCUT2D eigenvalue weighted by Gasteiger charge is -2.16. The van der Waals surface area contributed by atoms with Crippen LogP contribution in [-0.2, 0) is 13.2 Å². The number of hydrogen-bond donors (Lipinski definition) is 1. The Balaban J connectivity index is 1.64. The Morgan fingerprint density at radius 3 is 2.73 bits per heavy atom. The average Bonchev–Trinajstić information content (AvgIpc) is 2.94. The van der Waals surface area contributed by atoms with E-state index in [4.69, 9.17) is 12.2 Å². The molecule has 0 aliphatic heterocycles. The van der Waals surface area contributed by atoms with Crippen molar-refractivity contribution in [1.29, 1.82) is 0 Å². The van der Waals surface area contributed by atoms with Crippen molar-refractivity contribution in [2.24, 2.45) is 0 Å². The molecule has 0 aliphatic rings. The molecule has 1 N–H and O–H groups in total. The van der Waals surface area contributed by atoms with Crippen LogP contribution in [0.1, 0.15) is 5.56 Å². The summed E-state index contributed by atoms with van der Waals surface area (Å²) in [6.45, 7) is 1.39. The summed E-state index contributed by atoms with van der Waals surface area (Å²) < 4.78 is 15.7. The van der Waals surface area contributed by atoms with Crippen LogP contribution in [0.3, 0.4) is 0 Å². The summed E-state index contributed by atoms with van der Waals surface area (Å²) in [5.41, 5.74) is 1.90. The molecule has 136 valence electrons. The second-order valence-electron chi connectivity index (χ2n) is 5.81. The molecule has 1 aromatic heterocycles. The smallest absolute Gasteiger partial charge is 0.209 e. The molecule has 3 rings (SSSR count). The molecule has 0 radical (unpaired) electrons. The topological polar surface area (TPSA) is 33.1 Å². The van der Waals surface area contributed by atoms with Crippen molar-refractivity contribution in [2.75, 3.05) is 18.6 Å². The van der Waals surface area contributed by atoms with Gasteiger partial charge in [0.05, 0.1) is 6.67 Å². The Morgan fingerprint density at radius 1 is 1.27 bits per heavy atom. The Labute approximate surface area is 165 Å². The van der Waals surface area contributed by atoms with E-state index in [2.05, 4.69) is 45.8 Å². The fourth-order valence-electron chi connectivity index (χ4n) is 2.46. The van der Waals surface area contributed by atoms with Gasteiger partial charge in [-0.05, 0) is 61.4 Å². The molecule has 0 spiro atoms. The van der Waals surface area contributed by atoms with E-state index in [0.717, 1.165) is 6.54 Å². The third kappa shape index (κ3) is 5.14. The van der Waals surface area contributed by atoms with Crippen LogP contribution in [0, 0.1) is 9.77 Å². The molecule has 0 fully saturated rings. The van der Waals surface area contributed by atoms with Crippen LogP contribution in [0.4, 0.5) is 15.2 Å². The fraction of sp³-hybridized carbons (Fsp3) is 0.222. The predicted molar refractivity (Wildman–Crippen MR) is 110 cm³/mol. The van der Waals surface area contributed by atoms with E-state index in [0.29, 0.717) is 21.4 Å². The van der Waals surface area contributed by atoms with Gasteiger partial charge in [-0.1, -0.05) is 29.5 Å². The Hall–Kier alpha value is -1.74. The van der Waals surface area contributed by atoms with Crippen LogP contribution in [0.5, 0.6) is 0 Å². The maximum absolute atomic E-state index is 13.3. The van der Waals surface area contributed by atoms with Gasteiger partial charge in [0.15, 0.2) is 3.95 Å². The van der Waals surface area contributed by atoms with Crippen LogP contribution in [0.2, 0.25) is 0 Å². The molecule has 0 aliphatic carbocycles. The molecular formula is C18H19FN4S3. The molecule has 0 atom stereocenters. The summed E-state index contributed by atoms with van der Waals surface area (Å²) in [5.74, 6) is -0.287. The lowest BCUT2D eigenvalue weighted by molar-refractivity contribution is 0.245. The van der Waals surface area contributed by atoms with Gasteiger partial charge in [0.1, 0.15) is 5.82 Å². The van der Waals surface area contributed by atoms with Gasteiger partial charge in [0.2, 0.25) is 5.13 Å². The van der Waals surface area contributed by atoms with E-state index in [1.165, 1.54) is 33.9 Å². The number of anilines is 2. The van der Waals surface area contributed by atoms with Crippen molar-refractivity contribution in [2.45, 2.75) is 18.1 Å². The standard InChI is InChI=1S/C18H19FN4S3/c1-22(11-13-6-8-16(25-2)9-7-13)12-23-18(24)26-17(21-23)20-15-5-3-4-14(19)10-15/h3-10H,11-12H2,1-2H3,(H,20,21). The zero-order valence-corrected chi connectivity index (χ0v) is 16.9. The molecule has 8 heteroatoms. The first kappa shape index (κ1) is 19.0. The third-order valence-electron chi connectivity index (χ3n) is 3.67. The first-order chi connectivity index (χ1) is 12.5. The van der Waals surface area contributed by atoms with Gasteiger partial charge in [-0.25, -0.2) is 9.07 Å². The molecule has 4 nitrogen and oxygen atoms in total. The van der Waals surface area contributed by atoms with Crippen molar-refractivity contribution < 1.29 is 4.39 Å². The molecule has 2 aromatic carbocycles. The zero-order chi connectivity index (χ0) is 18.5. The molecule has 1 heterocycles. The average molecular weight is 407 g/mol. The van der Waals surface area contributed by atoms with Crippen LogP contribution in [0.15, 0.2) is 53.4 Å². The van der Waals surface area contributed by atoms with Crippen molar-refractivity contribution in [3.63, 3.8) is 0 Å². The lowest BCUT2D eigenvalue weighted by atomic mass is 10.2. The van der Waals surface area contributed by atoms with Gasteiger partial charge < -0.3 is 5.32 Å². The SMILES string of the molecule is CSc1ccc(CN(C)Cn2nc(Nc3cccc(F)c3)sc2=S)cc1. The number of halogens is 1. The summed E-state index contributed by atoms with van der Waals surface area (Å²) in [4.78, 5) is 3.40. The van der Waals surface area contributed by atoms with Crippen LogP contribution in [-0.4, -0.2) is 28.0 Å². The monoisotopic (exact) mass is 406 g/mol. The van der Waals surface area contributed by atoms with E-state index in [-0.39, 0.29) is 5.82 Å². The van der Waals surface area contributed by atoms with E-state index in [9.17, 15) is 4.39 Å². The fourth-order valence-corrected chi connectivity index (χ4v) is 3.88. The largest absolute Gasteiger partial charge is 0.330 e. The van der Waals surface area contributed by atoms with Gasteiger partial charge in [-0.3, -0.25) is 4.90 Å². The highest BCUT2D eigenvalue weighted by Gasteiger charge is 2.08. The second kappa shape index (κ2) is 8.77. The number of nitrogens with zero attached hydrogens (tertiary/aromatic N) is 3. The lowest BCUT2D eigenvalue weighted by Crippen LogP contribution is -2.22. The summed E-state index contributed by atoms with van der Waals surface area (Å²) >= 11 is 8.51. The molecule has 26 heavy (non-hydrogen) atoms. The third-order valence-corrected chi connectivity index (χ3v) is 5.64. The molecule has 0 unspecified atom stereocenters. The van der Waals surface area contributed by atoms with Crippen molar-refractivity contribution in [1.82, 2.24) is 14.7 Å². The van der Waals surface area contributed by atoms with Crippen LogP contribution >= 0.6 is 35.3 Å². The second-order valence-corrected chi connectivity index (χ2v) is 8.31. The Bertz CT molecular complexity index is 921. The quantitative estimate of drug-likeness (QED) is 0.421. The summed E-state index contributed by atoms with van der Waals surface area (Å²) in [7, 11) is 2.03. The van der Waals surface area contributed by atoms with E-state index in [1.807, 2.05) is 7.05 Å². The molecule has 0 bridgehead atoms. The van der Waals surface area contributed by atoms with Crippen LogP contribution in [0.25, 0.3) is 0 Å². The minimum atomic E-state index is -0.287. The van der Waals surface area contributed by atoms with Crippen molar-refractivity contribution >= 4 is 46.1 Å². The highest BCUT2D eigenvalue weighted by molar-refractivity contribution is 7.98. The number of nitrogens with one attached hydrogen (secondary N) is 1. The molecule has 0 saturated carbocycles. The van der Waals surface area contributed by atoms with Gasteiger partial charge in [-0.2, -0.15) is 0 Å². The Kier molecular flexibility index (Phi) is 6.42. The summed E-state index contributed by atoms with van der Waals surface area (Å²) in [6, 6.07) is 14.8. The van der Waals surface area contributed by atoms with Gasteiger partial charge in [0, 0.05) is 17.1 Å². The summed E-state index contributed by atoms with van der Waals surface area (Å²) in [5, 5.41) is 8.25.